The standard InChI is InChI=1S/C28H23NO6S/c1-33-22-15-19(11-12-21(22)35-17-18-7-3-2-4-8-18)25-24(26(30)23-10-6-14-36-23)27(31)28(32)29(25)16-20-9-5-13-34-20/h2-15,25,31H,16-17H2,1H3. The van der Waals surface area contributed by atoms with Crippen LogP contribution < -0.4 is 9.47 Å². The SMILES string of the molecule is COc1cc(C2C(C(=O)c3cccs3)=C(O)C(=O)N2Cc2ccco2)ccc1OCc1ccccc1. The normalized spacial score (nSPS) is 15.4. The third-order valence-corrected chi connectivity index (χ3v) is 6.81. The second kappa shape index (κ2) is 10.1. The lowest BCUT2D eigenvalue weighted by Gasteiger charge is -2.26. The molecule has 8 heteroatoms. The number of carbonyl (C=O) groups excluding carboxylic acids is 2. The van der Waals surface area contributed by atoms with Gasteiger partial charge in [0, 0.05) is 0 Å². The zero-order valence-corrected chi connectivity index (χ0v) is 20.2. The summed E-state index contributed by atoms with van der Waals surface area (Å²) in [4.78, 5) is 28.4. The number of hydrogen-bond donors (Lipinski definition) is 1. The highest BCUT2D eigenvalue weighted by Gasteiger charge is 2.44. The Bertz CT molecular complexity index is 1390. The van der Waals surface area contributed by atoms with Crippen LogP contribution in [0.5, 0.6) is 11.5 Å². The molecule has 1 N–H and O–H groups in total. The number of rotatable bonds is 9. The van der Waals surface area contributed by atoms with Gasteiger partial charge in [-0.3, -0.25) is 9.59 Å². The average molecular weight is 502 g/mol. The molecular weight excluding hydrogens is 478 g/mol. The summed E-state index contributed by atoms with van der Waals surface area (Å²) in [5, 5.41) is 12.6. The van der Waals surface area contributed by atoms with Crippen LogP contribution in [0.25, 0.3) is 0 Å². The molecule has 182 valence electrons. The zero-order chi connectivity index (χ0) is 25.1. The monoisotopic (exact) mass is 501 g/mol. The predicted molar refractivity (Wildman–Crippen MR) is 134 cm³/mol. The minimum atomic E-state index is -0.839. The van der Waals surface area contributed by atoms with Crippen molar-refractivity contribution in [3.05, 3.63) is 118 Å². The Labute approximate surface area is 211 Å². The fourth-order valence-electron chi connectivity index (χ4n) is 4.21. The summed E-state index contributed by atoms with van der Waals surface area (Å²) in [6.45, 7) is 0.433. The lowest BCUT2D eigenvalue weighted by atomic mass is 9.95. The number of aliphatic hydroxyl groups is 1. The number of ether oxygens (including phenoxy) is 2. The van der Waals surface area contributed by atoms with Gasteiger partial charge in [-0.05, 0) is 46.8 Å². The van der Waals surface area contributed by atoms with E-state index in [9.17, 15) is 14.7 Å². The highest BCUT2D eigenvalue weighted by molar-refractivity contribution is 7.12. The molecule has 0 aliphatic carbocycles. The van der Waals surface area contributed by atoms with E-state index in [1.54, 1.807) is 47.8 Å². The van der Waals surface area contributed by atoms with Crippen molar-refractivity contribution >= 4 is 23.0 Å². The van der Waals surface area contributed by atoms with E-state index in [-0.39, 0.29) is 12.1 Å². The highest BCUT2D eigenvalue weighted by Crippen LogP contribution is 2.43. The van der Waals surface area contributed by atoms with Crippen molar-refractivity contribution in [2.24, 2.45) is 0 Å². The van der Waals surface area contributed by atoms with Crippen LogP contribution in [0.4, 0.5) is 0 Å². The van der Waals surface area contributed by atoms with Crippen molar-refractivity contribution in [1.82, 2.24) is 4.90 Å². The maximum atomic E-state index is 13.4. The number of Topliss-reactive ketones (excluding diaryl/α,β-unsaturated/α-hetero) is 1. The number of aliphatic hydroxyl groups excluding tert-OH is 1. The Kier molecular flexibility index (Phi) is 6.60. The third kappa shape index (κ3) is 4.50. The molecule has 5 rings (SSSR count). The first-order valence-corrected chi connectivity index (χ1v) is 12.1. The molecule has 7 nitrogen and oxygen atoms in total. The van der Waals surface area contributed by atoms with Crippen molar-refractivity contribution in [1.29, 1.82) is 0 Å². The Hall–Kier alpha value is -4.30. The van der Waals surface area contributed by atoms with E-state index in [0.717, 1.165) is 5.56 Å². The molecule has 3 heterocycles. The highest BCUT2D eigenvalue weighted by atomic mass is 32.1. The van der Waals surface area contributed by atoms with Crippen LogP contribution in [0.3, 0.4) is 0 Å². The summed E-state index contributed by atoms with van der Waals surface area (Å²) in [5.74, 6) is -0.102. The van der Waals surface area contributed by atoms with Gasteiger partial charge < -0.3 is 23.9 Å². The molecular formula is C28H23NO6S. The van der Waals surface area contributed by atoms with Gasteiger partial charge in [-0.15, -0.1) is 11.3 Å². The molecule has 36 heavy (non-hydrogen) atoms. The lowest BCUT2D eigenvalue weighted by Crippen LogP contribution is -2.30. The molecule has 1 aliphatic rings. The Morgan fingerprint density at radius 1 is 1.06 bits per heavy atom. The number of carbonyl (C=O) groups is 2. The van der Waals surface area contributed by atoms with E-state index in [1.807, 2.05) is 30.3 Å². The molecule has 0 saturated carbocycles. The number of thiophene rings is 1. The second-order valence-corrected chi connectivity index (χ2v) is 9.12. The maximum Gasteiger partial charge on any atom is 0.290 e. The van der Waals surface area contributed by atoms with E-state index in [1.165, 1.54) is 29.6 Å². The molecule has 2 aromatic heterocycles. The van der Waals surface area contributed by atoms with Crippen LogP contribution in [-0.2, 0) is 17.9 Å². The minimum Gasteiger partial charge on any atom is -0.503 e. The van der Waals surface area contributed by atoms with Gasteiger partial charge in [0.2, 0.25) is 5.78 Å². The molecule has 0 saturated heterocycles. The van der Waals surface area contributed by atoms with Gasteiger partial charge in [-0.2, -0.15) is 0 Å². The summed E-state index contributed by atoms with van der Waals surface area (Å²) >= 11 is 1.25. The Morgan fingerprint density at radius 3 is 2.58 bits per heavy atom. The molecule has 0 fully saturated rings. The third-order valence-electron chi connectivity index (χ3n) is 5.94. The van der Waals surface area contributed by atoms with Crippen LogP contribution in [0, 0.1) is 0 Å². The number of amides is 1. The first-order chi connectivity index (χ1) is 17.6. The first-order valence-electron chi connectivity index (χ1n) is 11.3. The number of ketones is 1. The van der Waals surface area contributed by atoms with Crippen molar-refractivity contribution in [2.45, 2.75) is 19.2 Å². The van der Waals surface area contributed by atoms with E-state index in [4.69, 9.17) is 13.9 Å². The van der Waals surface area contributed by atoms with E-state index >= 15 is 0 Å². The van der Waals surface area contributed by atoms with Gasteiger partial charge in [0.15, 0.2) is 17.3 Å². The van der Waals surface area contributed by atoms with Gasteiger partial charge in [0.25, 0.3) is 5.91 Å². The van der Waals surface area contributed by atoms with Crippen molar-refractivity contribution < 1.29 is 28.6 Å². The molecule has 1 amide bonds. The fraction of sp³-hybridized carbons (Fsp3) is 0.143. The van der Waals surface area contributed by atoms with Gasteiger partial charge in [0.05, 0.1) is 36.4 Å². The molecule has 0 radical (unpaired) electrons. The summed E-state index contributed by atoms with van der Waals surface area (Å²) in [6, 6.07) is 21.0. The van der Waals surface area contributed by atoms with Crippen molar-refractivity contribution in [2.75, 3.05) is 7.11 Å². The summed E-state index contributed by atoms with van der Waals surface area (Å²) in [6.07, 6.45) is 1.51. The molecule has 2 aromatic carbocycles. The molecule has 0 bridgehead atoms. The number of hydrogen-bond acceptors (Lipinski definition) is 7. The maximum absolute atomic E-state index is 13.4. The number of benzene rings is 2. The fourth-order valence-corrected chi connectivity index (χ4v) is 4.89. The molecule has 1 atom stereocenters. The smallest absolute Gasteiger partial charge is 0.290 e. The van der Waals surface area contributed by atoms with Gasteiger partial charge in [-0.25, -0.2) is 0 Å². The summed E-state index contributed by atoms with van der Waals surface area (Å²) in [5.41, 5.74) is 1.63. The summed E-state index contributed by atoms with van der Waals surface area (Å²) in [7, 11) is 1.53. The van der Waals surface area contributed by atoms with Crippen LogP contribution >= 0.6 is 11.3 Å². The van der Waals surface area contributed by atoms with Crippen LogP contribution in [0.1, 0.15) is 32.6 Å². The van der Waals surface area contributed by atoms with Crippen molar-refractivity contribution in [3.8, 4) is 11.5 Å². The van der Waals surface area contributed by atoms with E-state index < -0.39 is 23.5 Å². The Balaban J connectivity index is 1.52. The van der Waals surface area contributed by atoms with Crippen LogP contribution in [0.2, 0.25) is 0 Å². The molecule has 1 unspecified atom stereocenters. The Morgan fingerprint density at radius 2 is 1.89 bits per heavy atom. The molecule has 1 aliphatic heterocycles. The topological polar surface area (TPSA) is 89.2 Å². The molecule has 4 aromatic rings. The number of furan rings is 1. The number of nitrogens with zero attached hydrogens (tertiary/aromatic N) is 1. The van der Waals surface area contributed by atoms with E-state index in [2.05, 4.69) is 0 Å². The summed E-state index contributed by atoms with van der Waals surface area (Å²) < 4.78 is 17.0. The second-order valence-electron chi connectivity index (χ2n) is 8.17. The quantitative estimate of drug-likeness (QED) is 0.296. The predicted octanol–water partition coefficient (Wildman–Crippen LogP) is 5.71. The van der Waals surface area contributed by atoms with E-state index in [0.29, 0.717) is 34.3 Å². The first kappa shape index (κ1) is 23.4. The van der Waals surface area contributed by atoms with Crippen LogP contribution in [0.15, 0.2) is 100 Å². The lowest BCUT2D eigenvalue weighted by molar-refractivity contribution is -0.130. The number of methoxy groups -OCH3 is 1. The van der Waals surface area contributed by atoms with Gasteiger partial charge in [-0.1, -0.05) is 42.5 Å². The minimum absolute atomic E-state index is 0.0222. The van der Waals surface area contributed by atoms with Gasteiger partial charge >= 0.3 is 0 Å². The molecule has 0 spiro atoms. The largest absolute Gasteiger partial charge is 0.503 e. The average Bonchev–Trinajstić information content (AvgIpc) is 3.67. The van der Waals surface area contributed by atoms with Gasteiger partial charge in [0.1, 0.15) is 12.4 Å². The zero-order valence-electron chi connectivity index (χ0n) is 19.4. The van der Waals surface area contributed by atoms with Crippen LogP contribution in [-0.4, -0.2) is 28.8 Å². The van der Waals surface area contributed by atoms with Crippen molar-refractivity contribution in [3.63, 3.8) is 0 Å².